The van der Waals surface area contributed by atoms with E-state index in [1.165, 1.54) is 199 Å². The molecule has 0 unspecified atom stereocenters. The van der Waals surface area contributed by atoms with Crippen molar-refractivity contribution in [2.75, 3.05) is 19.6 Å². The predicted octanol–water partition coefficient (Wildman–Crippen LogP) is 12.3. The van der Waals surface area contributed by atoms with E-state index in [0.29, 0.717) is 0 Å². The van der Waals surface area contributed by atoms with Crippen LogP contribution in [0.4, 0.5) is 0 Å². The van der Waals surface area contributed by atoms with E-state index in [9.17, 15) is 0 Å². The highest BCUT2D eigenvalue weighted by Crippen LogP contribution is 2.15. The number of hydrogen-bond donors (Lipinski definition) is 0. The summed E-state index contributed by atoms with van der Waals surface area (Å²) in [4.78, 5) is 2.79. The van der Waals surface area contributed by atoms with Gasteiger partial charge in [0.15, 0.2) is 0 Å². The van der Waals surface area contributed by atoms with E-state index in [1.54, 1.807) is 0 Å². The van der Waals surface area contributed by atoms with Gasteiger partial charge >= 0.3 is 0 Å². The Morgan fingerprint density at radius 3 is 0.686 bits per heavy atom. The molecule has 0 atom stereocenters. The first kappa shape index (κ1) is 35.0. The molecule has 0 amide bonds. The first-order valence-electron chi connectivity index (χ1n) is 17.1. The van der Waals surface area contributed by atoms with Crippen molar-refractivity contribution in [3.63, 3.8) is 0 Å². The van der Waals surface area contributed by atoms with Crippen molar-refractivity contribution >= 4 is 0 Å². The van der Waals surface area contributed by atoms with Crippen LogP contribution in [0.2, 0.25) is 0 Å². The quantitative estimate of drug-likeness (QED) is 0.0867. The van der Waals surface area contributed by atoms with Gasteiger partial charge in [-0.1, -0.05) is 181 Å². The van der Waals surface area contributed by atoms with Crippen LogP contribution in [-0.4, -0.2) is 24.5 Å². The Kier molecular flexibility index (Phi) is 32.0. The standard InChI is InChI=1S/C34H71N/c1-4-7-10-12-14-16-18-19-20-21-22-23-25-27-29-31-34-35(32-9-6-3)33-30-28-26-24-17-15-13-11-8-5-2/h4-34H2,1-3H3. The molecule has 0 aliphatic carbocycles. The van der Waals surface area contributed by atoms with Crippen molar-refractivity contribution in [1.29, 1.82) is 0 Å². The van der Waals surface area contributed by atoms with Crippen LogP contribution < -0.4 is 0 Å². The van der Waals surface area contributed by atoms with E-state index in [4.69, 9.17) is 0 Å². The fourth-order valence-corrected chi connectivity index (χ4v) is 5.42. The van der Waals surface area contributed by atoms with Gasteiger partial charge < -0.3 is 4.90 Å². The van der Waals surface area contributed by atoms with Crippen molar-refractivity contribution < 1.29 is 0 Å². The molecule has 0 saturated carbocycles. The van der Waals surface area contributed by atoms with Crippen LogP contribution in [0.1, 0.15) is 201 Å². The SMILES string of the molecule is CCCCCCCCCCCCCCCCCCN(CCCC)CCCCCCCCCCCC. The Hall–Kier alpha value is -0.0400. The van der Waals surface area contributed by atoms with Gasteiger partial charge in [0.1, 0.15) is 0 Å². The molecule has 35 heavy (non-hydrogen) atoms. The third-order valence-electron chi connectivity index (χ3n) is 7.98. The van der Waals surface area contributed by atoms with E-state index in [1.807, 2.05) is 0 Å². The summed E-state index contributed by atoms with van der Waals surface area (Å²) in [6.07, 6.45) is 40.7. The van der Waals surface area contributed by atoms with Gasteiger partial charge in [-0.05, 0) is 38.9 Å². The second-order valence-corrected chi connectivity index (χ2v) is 11.7. The molecule has 1 heteroatoms. The van der Waals surface area contributed by atoms with E-state index in [0.717, 1.165) is 0 Å². The van der Waals surface area contributed by atoms with Crippen molar-refractivity contribution in [3.8, 4) is 0 Å². The Labute approximate surface area is 225 Å². The van der Waals surface area contributed by atoms with Crippen LogP contribution in [0.3, 0.4) is 0 Å². The summed E-state index contributed by atoms with van der Waals surface area (Å²) in [6, 6.07) is 0. The average Bonchev–Trinajstić information content (AvgIpc) is 2.87. The normalized spacial score (nSPS) is 11.7. The fourth-order valence-electron chi connectivity index (χ4n) is 5.42. The van der Waals surface area contributed by atoms with Gasteiger partial charge in [-0.2, -0.15) is 0 Å². The molecule has 0 saturated heterocycles. The molecular weight excluding hydrogens is 422 g/mol. The molecule has 0 spiro atoms. The minimum absolute atomic E-state index is 1.34. The summed E-state index contributed by atoms with van der Waals surface area (Å²) in [7, 11) is 0. The minimum Gasteiger partial charge on any atom is -0.303 e. The van der Waals surface area contributed by atoms with Crippen LogP contribution in [-0.2, 0) is 0 Å². The number of rotatable bonds is 31. The van der Waals surface area contributed by atoms with Crippen LogP contribution in [0, 0.1) is 0 Å². The molecule has 0 N–H and O–H groups in total. The third-order valence-corrected chi connectivity index (χ3v) is 7.98. The third kappa shape index (κ3) is 30.1. The van der Waals surface area contributed by atoms with Gasteiger partial charge in [0.25, 0.3) is 0 Å². The summed E-state index contributed by atoms with van der Waals surface area (Å²) >= 11 is 0. The number of hydrogen-bond acceptors (Lipinski definition) is 1. The first-order valence-corrected chi connectivity index (χ1v) is 17.1. The van der Waals surface area contributed by atoms with Crippen molar-refractivity contribution in [2.24, 2.45) is 0 Å². The predicted molar refractivity (Wildman–Crippen MR) is 163 cm³/mol. The van der Waals surface area contributed by atoms with E-state index in [2.05, 4.69) is 25.7 Å². The second kappa shape index (κ2) is 32.0. The first-order chi connectivity index (χ1) is 17.3. The molecule has 212 valence electrons. The minimum atomic E-state index is 1.34. The Balaban J connectivity index is 3.45. The molecule has 0 radical (unpaired) electrons. The van der Waals surface area contributed by atoms with Crippen LogP contribution in [0.25, 0.3) is 0 Å². The maximum absolute atomic E-state index is 2.79. The molecule has 0 heterocycles. The Morgan fingerprint density at radius 2 is 0.429 bits per heavy atom. The zero-order valence-corrected chi connectivity index (χ0v) is 25.4. The van der Waals surface area contributed by atoms with Gasteiger partial charge in [-0.15, -0.1) is 0 Å². The monoisotopic (exact) mass is 494 g/mol. The molecule has 0 aromatic carbocycles. The zero-order valence-electron chi connectivity index (χ0n) is 25.4. The van der Waals surface area contributed by atoms with Gasteiger partial charge in [0.2, 0.25) is 0 Å². The van der Waals surface area contributed by atoms with Crippen molar-refractivity contribution in [2.45, 2.75) is 201 Å². The number of unbranched alkanes of at least 4 members (excludes halogenated alkanes) is 25. The van der Waals surface area contributed by atoms with E-state index in [-0.39, 0.29) is 0 Å². The molecule has 0 aromatic rings. The topological polar surface area (TPSA) is 3.24 Å². The van der Waals surface area contributed by atoms with Gasteiger partial charge in [-0.3, -0.25) is 0 Å². The molecule has 0 aliphatic rings. The summed E-state index contributed by atoms with van der Waals surface area (Å²) in [5.41, 5.74) is 0. The fraction of sp³-hybridized carbons (Fsp3) is 1.00. The maximum Gasteiger partial charge on any atom is -0.00187 e. The van der Waals surface area contributed by atoms with Crippen LogP contribution in [0.5, 0.6) is 0 Å². The summed E-state index contributed by atoms with van der Waals surface area (Å²) < 4.78 is 0. The molecule has 0 aliphatic heterocycles. The van der Waals surface area contributed by atoms with Gasteiger partial charge in [-0.25, -0.2) is 0 Å². The lowest BCUT2D eigenvalue weighted by Gasteiger charge is -2.22. The van der Waals surface area contributed by atoms with Gasteiger partial charge in [0.05, 0.1) is 0 Å². The number of nitrogens with zero attached hydrogens (tertiary/aromatic N) is 1. The summed E-state index contributed by atoms with van der Waals surface area (Å²) in [5, 5.41) is 0. The van der Waals surface area contributed by atoms with Crippen molar-refractivity contribution in [3.05, 3.63) is 0 Å². The molecule has 0 aromatic heterocycles. The smallest absolute Gasteiger partial charge is 0.00187 e. The lowest BCUT2D eigenvalue weighted by atomic mass is 10.0. The highest BCUT2D eigenvalue weighted by molar-refractivity contribution is 4.60. The molecular formula is C34H71N. The van der Waals surface area contributed by atoms with Crippen LogP contribution in [0.15, 0.2) is 0 Å². The highest BCUT2D eigenvalue weighted by Gasteiger charge is 2.04. The van der Waals surface area contributed by atoms with Crippen molar-refractivity contribution in [1.82, 2.24) is 4.90 Å². The summed E-state index contributed by atoms with van der Waals surface area (Å²) in [5.74, 6) is 0. The zero-order chi connectivity index (χ0) is 25.5. The average molecular weight is 494 g/mol. The molecule has 0 rings (SSSR count). The highest BCUT2D eigenvalue weighted by atomic mass is 15.1. The Morgan fingerprint density at radius 1 is 0.229 bits per heavy atom. The van der Waals surface area contributed by atoms with E-state index >= 15 is 0 Å². The van der Waals surface area contributed by atoms with Crippen LogP contribution >= 0.6 is 0 Å². The lowest BCUT2D eigenvalue weighted by Crippen LogP contribution is -2.27. The second-order valence-electron chi connectivity index (χ2n) is 11.7. The lowest BCUT2D eigenvalue weighted by molar-refractivity contribution is 0.256. The van der Waals surface area contributed by atoms with E-state index < -0.39 is 0 Å². The van der Waals surface area contributed by atoms with Gasteiger partial charge in [0, 0.05) is 0 Å². The molecule has 0 fully saturated rings. The molecule has 0 bridgehead atoms. The molecule has 1 nitrogen and oxygen atoms in total. The summed E-state index contributed by atoms with van der Waals surface area (Å²) in [6.45, 7) is 11.0. The maximum atomic E-state index is 2.79. The largest absolute Gasteiger partial charge is 0.303 e. The Bertz CT molecular complexity index is 352.